The lowest BCUT2D eigenvalue weighted by Gasteiger charge is -2.30. The van der Waals surface area contributed by atoms with E-state index in [1.54, 1.807) is 11.3 Å². The minimum atomic E-state index is -0.174. The number of aryl methyl sites for hydroxylation is 1. The van der Waals surface area contributed by atoms with Crippen molar-refractivity contribution in [1.82, 2.24) is 4.98 Å². The van der Waals surface area contributed by atoms with E-state index in [1.807, 2.05) is 6.92 Å². The topological polar surface area (TPSA) is 82.0 Å². The molecule has 4 nitrogen and oxygen atoms in total. The SMILES string of the molecule is Cc1sc(N)nc1C1CCC(C(C)C(N)=O)CC1. The molecule has 0 bridgehead atoms. The zero-order chi connectivity index (χ0) is 13.3. The quantitative estimate of drug-likeness (QED) is 0.882. The number of anilines is 1. The van der Waals surface area contributed by atoms with Crippen LogP contribution in [-0.4, -0.2) is 10.9 Å². The number of rotatable bonds is 3. The summed E-state index contributed by atoms with van der Waals surface area (Å²) in [6.45, 7) is 4.03. The minimum absolute atomic E-state index is 0.00690. The summed E-state index contributed by atoms with van der Waals surface area (Å²) in [6, 6.07) is 0. The average Bonchev–Trinajstić information content (AvgIpc) is 2.67. The van der Waals surface area contributed by atoms with Crippen molar-refractivity contribution < 1.29 is 4.79 Å². The molecule has 1 atom stereocenters. The van der Waals surface area contributed by atoms with Crippen LogP contribution in [0.25, 0.3) is 0 Å². The molecule has 1 aromatic rings. The fraction of sp³-hybridized carbons (Fsp3) is 0.692. The minimum Gasteiger partial charge on any atom is -0.375 e. The van der Waals surface area contributed by atoms with Crippen LogP contribution < -0.4 is 11.5 Å². The van der Waals surface area contributed by atoms with Gasteiger partial charge in [-0.05, 0) is 38.5 Å². The maximum Gasteiger partial charge on any atom is 0.220 e. The predicted octanol–water partition coefficient (Wildman–Crippen LogP) is 2.43. The first-order valence-corrected chi connectivity index (χ1v) is 7.32. The molecule has 1 saturated carbocycles. The smallest absolute Gasteiger partial charge is 0.220 e. The lowest BCUT2D eigenvalue weighted by Crippen LogP contribution is -2.30. The number of amides is 1. The molecule has 1 amide bonds. The molecule has 0 aliphatic heterocycles. The number of nitrogen functional groups attached to an aromatic ring is 1. The number of nitrogens with two attached hydrogens (primary N) is 2. The Morgan fingerprint density at radius 1 is 1.39 bits per heavy atom. The van der Waals surface area contributed by atoms with Gasteiger partial charge in [-0.3, -0.25) is 4.79 Å². The monoisotopic (exact) mass is 267 g/mol. The van der Waals surface area contributed by atoms with E-state index in [0.717, 1.165) is 25.7 Å². The van der Waals surface area contributed by atoms with Gasteiger partial charge in [0.25, 0.3) is 0 Å². The van der Waals surface area contributed by atoms with Crippen molar-refractivity contribution in [3.05, 3.63) is 10.6 Å². The molecule has 18 heavy (non-hydrogen) atoms. The van der Waals surface area contributed by atoms with Gasteiger partial charge in [-0.25, -0.2) is 4.98 Å². The van der Waals surface area contributed by atoms with E-state index >= 15 is 0 Å². The van der Waals surface area contributed by atoms with Gasteiger partial charge in [-0.1, -0.05) is 6.92 Å². The van der Waals surface area contributed by atoms with E-state index in [1.165, 1.54) is 10.6 Å². The van der Waals surface area contributed by atoms with Crippen molar-refractivity contribution in [3.8, 4) is 0 Å². The Hall–Kier alpha value is -1.10. The van der Waals surface area contributed by atoms with Crippen molar-refractivity contribution >= 4 is 22.4 Å². The standard InChI is InChI=1S/C13H21N3OS/c1-7(12(14)17)9-3-5-10(6-4-9)11-8(2)18-13(15)16-11/h7,9-10H,3-6H2,1-2H3,(H2,14,17)(H2,15,16). The summed E-state index contributed by atoms with van der Waals surface area (Å²) in [5.41, 5.74) is 12.3. The Morgan fingerprint density at radius 3 is 2.44 bits per heavy atom. The second-order valence-electron chi connectivity index (χ2n) is 5.30. The second kappa shape index (κ2) is 5.26. The fourth-order valence-electron chi connectivity index (χ4n) is 2.93. The molecule has 1 heterocycles. The highest BCUT2D eigenvalue weighted by Crippen LogP contribution is 2.40. The van der Waals surface area contributed by atoms with Gasteiger partial charge in [0.2, 0.25) is 5.91 Å². The number of carbonyl (C=O) groups excluding carboxylic acids is 1. The third-order valence-corrected chi connectivity index (χ3v) is 4.98. The van der Waals surface area contributed by atoms with Crippen molar-refractivity contribution in [2.45, 2.75) is 45.4 Å². The van der Waals surface area contributed by atoms with Crippen LogP contribution in [0.4, 0.5) is 5.13 Å². The molecule has 0 radical (unpaired) electrons. The Bertz CT molecular complexity index is 435. The first-order chi connectivity index (χ1) is 8.49. The van der Waals surface area contributed by atoms with Crippen molar-refractivity contribution in [1.29, 1.82) is 0 Å². The van der Waals surface area contributed by atoms with Crippen LogP contribution in [0.5, 0.6) is 0 Å². The molecule has 1 aliphatic rings. The largest absolute Gasteiger partial charge is 0.375 e. The Balaban J connectivity index is 1.98. The summed E-state index contributed by atoms with van der Waals surface area (Å²) in [6.07, 6.45) is 4.30. The van der Waals surface area contributed by atoms with E-state index in [9.17, 15) is 4.79 Å². The van der Waals surface area contributed by atoms with E-state index < -0.39 is 0 Å². The second-order valence-corrected chi connectivity index (χ2v) is 6.53. The van der Waals surface area contributed by atoms with Gasteiger partial charge in [0.1, 0.15) is 0 Å². The molecular weight excluding hydrogens is 246 g/mol. The van der Waals surface area contributed by atoms with Gasteiger partial charge < -0.3 is 11.5 Å². The maximum atomic E-state index is 11.2. The van der Waals surface area contributed by atoms with Crippen LogP contribution in [-0.2, 0) is 4.79 Å². The molecule has 0 spiro atoms. The highest BCUT2D eigenvalue weighted by molar-refractivity contribution is 7.15. The lowest BCUT2D eigenvalue weighted by atomic mass is 9.75. The number of thiazole rings is 1. The Labute approximate surface area is 112 Å². The van der Waals surface area contributed by atoms with Crippen molar-refractivity contribution in [2.24, 2.45) is 17.6 Å². The van der Waals surface area contributed by atoms with Crippen LogP contribution in [0.15, 0.2) is 0 Å². The molecule has 1 unspecified atom stereocenters. The van der Waals surface area contributed by atoms with Crippen molar-refractivity contribution in [3.63, 3.8) is 0 Å². The zero-order valence-electron chi connectivity index (χ0n) is 11.0. The summed E-state index contributed by atoms with van der Waals surface area (Å²) >= 11 is 1.57. The van der Waals surface area contributed by atoms with Gasteiger partial charge in [-0.2, -0.15) is 0 Å². The summed E-state index contributed by atoms with van der Waals surface area (Å²) in [5.74, 6) is 0.769. The maximum absolute atomic E-state index is 11.2. The molecule has 100 valence electrons. The van der Waals surface area contributed by atoms with Crippen LogP contribution in [0.1, 0.15) is 49.1 Å². The predicted molar refractivity (Wildman–Crippen MR) is 74.3 cm³/mol. The van der Waals surface area contributed by atoms with E-state index in [2.05, 4.69) is 11.9 Å². The first-order valence-electron chi connectivity index (χ1n) is 6.51. The highest BCUT2D eigenvalue weighted by Gasteiger charge is 2.30. The number of hydrogen-bond acceptors (Lipinski definition) is 4. The van der Waals surface area contributed by atoms with Gasteiger partial charge in [0, 0.05) is 16.7 Å². The molecule has 4 N–H and O–H groups in total. The molecule has 0 saturated heterocycles. The third kappa shape index (κ3) is 2.66. The van der Waals surface area contributed by atoms with E-state index in [0.29, 0.717) is 17.0 Å². The summed E-state index contributed by atoms with van der Waals surface area (Å²) in [5, 5.41) is 0.662. The number of primary amides is 1. The highest BCUT2D eigenvalue weighted by atomic mass is 32.1. The number of carbonyl (C=O) groups is 1. The Morgan fingerprint density at radius 2 is 2.00 bits per heavy atom. The molecule has 0 aromatic carbocycles. The summed E-state index contributed by atoms with van der Waals surface area (Å²) in [7, 11) is 0. The lowest BCUT2D eigenvalue weighted by molar-refractivity contribution is -0.123. The summed E-state index contributed by atoms with van der Waals surface area (Å²) in [4.78, 5) is 16.9. The first kappa shape index (κ1) is 13.3. The van der Waals surface area contributed by atoms with Crippen LogP contribution in [0.2, 0.25) is 0 Å². The van der Waals surface area contributed by atoms with E-state index in [4.69, 9.17) is 11.5 Å². The van der Waals surface area contributed by atoms with Gasteiger partial charge in [-0.15, -0.1) is 11.3 Å². The molecule has 1 aliphatic carbocycles. The average molecular weight is 267 g/mol. The molecule has 1 fully saturated rings. The fourth-order valence-corrected chi connectivity index (χ4v) is 3.71. The molecule has 5 heteroatoms. The van der Waals surface area contributed by atoms with Gasteiger partial charge >= 0.3 is 0 Å². The zero-order valence-corrected chi connectivity index (χ0v) is 11.8. The van der Waals surface area contributed by atoms with Crippen LogP contribution >= 0.6 is 11.3 Å². The van der Waals surface area contributed by atoms with E-state index in [-0.39, 0.29) is 11.8 Å². The number of aromatic nitrogens is 1. The molecular formula is C13H21N3OS. The normalized spacial score (nSPS) is 25.9. The van der Waals surface area contributed by atoms with Crippen molar-refractivity contribution in [2.75, 3.05) is 5.73 Å². The van der Waals surface area contributed by atoms with Gasteiger partial charge in [0.15, 0.2) is 5.13 Å². The van der Waals surface area contributed by atoms with Crippen LogP contribution in [0, 0.1) is 18.8 Å². The summed E-state index contributed by atoms with van der Waals surface area (Å²) < 4.78 is 0. The van der Waals surface area contributed by atoms with Crippen LogP contribution in [0.3, 0.4) is 0 Å². The number of hydrogen-bond donors (Lipinski definition) is 2. The Kier molecular flexibility index (Phi) is 3.90. The third-order valence-electron chi connectivity index (χ3n) is 4.16. The molecule has 1 aromatic heterocycles. The van der Waals surface area contributed by atoms with Gasteiger partial charge in [0.05, 0.1) is 5.69 Å². The number of nitrogens with zero attached hydrogens (tertiary/aromatic N) is 1. The molecule has 2 rings (SSSR count).